The van der Waals surface area contributed by atoms with Crippen LogP contribution in [0.5, 0.6) is 0 Å². The topological polar surface area (TPSA) is 35.5 Å². The van der Waals surface area contributed by atoms with Gasteiger partial charge in [0.2, 0.25) is 0 Å². The van der Waals surface area contributed by atoms with Crippen molar-refractivity contribution in [2.75, 3.05) is 19.8 Å². The van der Waals surface area contributed by atoms with Gasteiger partial charge in [-0.15, -0.1) is 0 Å². The third-order valence-corrected chi connectivity index (χ3v) is 3.85. The predicted octanol–water partition coefficient (Wildman–Crippen LogP) is 4.87. The normalized spacial score (nSPS) is 10.3. The molecule has 2 aromatic carbocycles. The van der Waals surface area contributed by atoms with Gasteiger partial charge in [0.1, 0.15) is 0 Å². The van der Waals surface area contributed by atoms with Crippen LogP contribution in [0, 0.1) is 0 Å². The Hall–Kier alpha value is -2.39. The average Bonchev–Trinajstić information content (AvgIpc) is 2.66. The molecule has 0 heterocycles. The van der Waals surface area contributed by atoms with Gasteiger partial charge in [0.25, 0.3) is 0 Å². The molecule has 0 unspecified atom stereocenters. The summed E-state index contributed by atoms with van der Waals surface area (Å²) in [6, 6.07) is 19.8. The van der Waals surface area contributed by atoms with E-state index in [4.69, 9.17) is 9.47 Å². The number of hydrogen-bond donors (Lipinski definition) is 0. The summed E-state index contributed by atoms with van der Waals surface area (Å²) in [4.78, 5) is 12.8. The zero-order valence-electron chi connectivity index (χ0n) is 15.0. The van der Waals surface area contributed by atoms with Crippen LogP contribution in [0.15, 0.2) is 66.2 Å². The Balaban J connectivity index is 2.50. The molecule has 0 spiro atoms. The monoisotopic (exact) mass is 338 g/mol. The molecule has 2 aromatic rings. The van der Waals surface area contributed by atoms with E-state index in [0.29, 0.717) is 18.8 Å². The van der Waals surface area contributed by atoms with E-state index in [0.717, 1.165) is 29.5 Å². The summed E-state index contributed by atoms with van der Waals surface area (Å²) in [6.45, 7) is 5.21. The van der Waals surface area contributed by atoms with E-state index in [1.807, 2.05) is 67.6 Å². The zero-order valence-corrected chi connectivity index (χ0v) is 15.0. The Labute approximate surface area is 150 Å². The van der Waals surface area contributed by atoms with Gasteiger partial charge in [-0.1, -0.05) is 74.0 Å². The van der Waals surface area contributed by atoms with Gasteiger partial charge in [-0.05, 0) is 24.5 Å². The number of carbonyl (C=O) groups is 1. The van der Waals surface area contributed by atoms with Crippen LogP contribution in [0.4, 0.5) is 0 Å². The SMILES string of the molecule is CCCCOC(=O)C(COCC)=C(c1ccccc1)c1ccccc1. The molecule has 0 aliphatic carbocycles. The van der Waals surface area contributed by atoms with Crippen molar-refractivity contribution < 1.29 is 14.3 Å². The molecular weight excluding hydrogens is 312 g/mol. The fourth-order valence-electron chi connectivity index (χ4n) is 2.56. The number of rotatable bonds is 9. The summed E-state index contributed by atoms with van der Waals surface area (Å²) >= 11 is 0. The number of ether oxygens (including phenoxy) is 2. The second kappa shape index (κ2) is 10.5. The molecule has 0 saturated heterocycles. The van der Waals surface area contributed by atoms with Crippen molar-refractivity contribution in [3.8, 4) is 0 Å². The lowest BCUT2D eigenvalue weighted by Crippen LogP contribution is -2.16. The number of carbonyl (C=O) groups excluding carboxylic acids is 1. The quantitative estimate of drug-likeness (QED) is 0.372. The van der Waals surface area contributed by atoms with Crippen LogP contribution < -0.4 is 0 Å². The van der Waals surface area contributed by atoms with E-state index in [2.05, 4.69) is 6.92 Å². The fourth-order valence-corrected chi connectivity index (χ4v) is 2.56. The molecule has 0 bridgehead atoms. The smallest absolute Gasteiger partial charge is 0.337 e. The minimum absolute atomic E-state index is 0.237. The van der Waals surface area contributed by atoms with Gasteiger partial charge in [0.15, 0.2) is 0 Å². The van der Waals surface area contributed by atoms with Gasteiger partial charge in [-0.3, -0.25) is 0 Å². The lowest BCUT2D eigenvalue weighted by atomic mass is 9.93. The molecule has 0 atom stereocenters. The highest BCUT2D eigenvalue weighted by molar-refractivity contribution is 6.02. The molecular formula is C22H26O3. The molecule has 0 amide bonds. The third-order valence-electron chi connectivity index (χ3n) is 3.85. The molecule has 0 aromatic heterocycles. The van der Waals surface area contributed by atoms with Gasteiger partial charge in [0, 0.05) is 12.2 Å². The Morgan fingerprint density at radius 2 is 1.44 bits per heavy atom. The molecule has 0 aliphatic heterocycles. The van der Waals surface area contributed by atoms with E-state index in [1.54, 1.807) is 0 Å². The Bertz CT molecular complexity index is 633. The first-order valence-corrected chi connectivity index (χ1v) is 8.86. The van der Waals surface area contributed by atoms with E-state index in [9.17, 15) is 4.79 Å². The molecule has 0 N–H and O–H groups in total. The third kappa shape index (κ3) is 5.57. The molecule has 25 heavy (non-hydrogen) atoms. The van der Waals surface area contributed by atoms with Crippen molar-refractivity contribution in [3.05, 3.63) is 77.4 Å². The maximum atomic E-state index is 12.8. The lowest BCUT2D eigenvalue weighted by molar-refractivity contribution is -0.139. The first-order valence-electron chi connectivity index (χ1n) is 8.86. The van der Waals surface area contributed by atoms with Crippen LogP contribution in [0.25, 0.3) is 5.57 Å². The van der Waals surface area contributed by atoms with Crippen LogP contribution in [0.2, 0.25) is 0 Å². The summed E-state index contributed by atoms with van der Waals surface area (Å²) < 4.78 is 11.1. The average molecular weight is 338 g/mol. The standard InChI is InChI=1S/C22H26O3/c1-3-5-16-25-22(23)20(17-24-4-2)21(18-12-8-6-9-13-18)19-14-10-7-11-15-19/h6-15H,3-5,16-17H2,1-2H3. The first-order chi connectivity index (χ1) is 12.3. The highest BCUT2D eigenvalue weighted by Crippen LogP contribution is 2.28. The number of hydrogen-bond acceptors (Lipinski definition) is 3. The molecule has 3 heteroatoms. The molecule has 0 aliphatic rings. The van der Waals surface area contributed by atoms with E-state index in [-0.39, 0.29) is 12.6 Å². The highest BCUT2D eigenvalue weighted by atomic mass is 16.5. The summed E-state index contributed by atoms with van der Waals surface area (Å²) in [5.74, 6) is -0.301. The van der Waals surface area contributed by atoms with Crippen LogP contribution in [-0.2, 0) is 14.3 Å². The van der Waals surface area contributed by atoms with Gasteiger partial charge in [0.05, 0.1) is 18.8 Å². The van der Waals surface area contributed by atoms with Crippen molar-refractivity contribution in [1.82, 2.24) is 0 Å². The van der Waals surface area contributed by atoms with Crippen LogP contribution >= 0.6 is 0 Å². The Kier molecular flexibility index (Phi) is 7.93. The molecule has 0 saturated carbocycles. The second-order valence-electron chi connectivity index (χ2n) is 5.71. The van der Waals surface area contributed by atoms with E-state index >= 15 is 0 Å². The molecule has 132 valence electrons. The second-order valence-corrected chi connectivity index (χ2v) is 5.71. The van der Waals surface area contributed by atoms with Gasteiger partial charge in [-0.2, -0.15) is 0 Å². The van der Waals surface area contributed by atoms with Gasteiger partial charge < -0.3 is 9.47 Å². The number of esters is 1. The van der Waals surface area contributed by atoms with E-state index in [1.165, 1.54) is 0 Å². The van der Waals surface area contributed by atoms with Gasteiger partial charge >= 0.3 is 5.97 Å². The lowest BCUT2D eigenvalue weighted by Gasteiger charge is -2.16. The van der Waals surface area contributed by atoms with Crippen molar-refractivity contribution in [2.45, 2.75) is 26.7 Å². The molecule has 0 fully saturated rings. The van der Waals surface area contributed by atoms with Crippen molar-refractivity contribution in [3.63, 3.8) is 0 Å². The zero-order chi connectivity index (χ0) is 17.9. The molecule has 2 rings (SSSR count). The Morgan fingerprint density at radius 1 is 0.880 bits per heavy atom. The van der Waals surface area contributed by atoms with Crippen molar-refractivity contribution >= 4 is 11.5 Å². The molecule has 0 radical (unpaired) electrons. The van der Waals surface area contributed by atoms with Crippen LogP contribution in [0.3, 0.4) is 0 Å². The highest BCUT2D eigenvalue weighted by Gasteiger charge is 2.20. The van der Waals surface area contributed by atoms with Gasteiger partial charge in [-0.25, -0.2) is 4.79 Å². The summed E-state index contributed by atoms with van der Waals surface area (Å²) in [6.07, 6.45) is 1.85. The summed E-state index contributed by atoms with van der Waals surface area (Å²) in [7, 11) is 0. The number of unbranched alkanes of at least 4 members (excludes halogenated alkanes) is 1. The predicted molar refractivity (Wildman–Crippen MR) is 101 cm³/mol. The first kappa shape index (κ1) is 18.9. The van der Waals surface area contributed by atoms with Crippen molar-refractivity contribution in [1.29, 1.82) is 0 Å². The molecule has 3 nitrogen and oxygen atoms in total. The maximum Gasteiger partial charge on any atom is 0.337 e. The Morgan fingerprint density at radius 3 is 1.92 bits per heavy atom. The minimum Gasteiger partial charge on any atom is -0.462 e. The number of benzene rings is 2. The fraction of sp³-hybridized carbons (Fsp3) is 0.318. The maximum absolute atomic E-state index is 12.8. The minimum atomic E-state index is -0.301. The van der Waals surface area contributed by atoms with Crippen LogP contribution in [-0.4, -0.2) is 25.8 Å². The summed E-state index contributed by atoms with van der Waals surface area (Å²) in [5, 5.41) is 0. The summed E-state index contributed by atoms with van der Waals surface area (Å²) in [5.41, 5.74) is 3.40. The van der Waals surface area contributed by atoms with Crippen molar-refractivity contribution in [2.24, 2.45) is 0 Å². The van der Waals surface area contributed by atoms with E-state index < -0.39 is 0 Å². The largest absolute Gasteiger partial charge is 0.462 e. The van der Waals surface area contributed by atoms with Crippen LogP contribution in [0.1, 0.15) is 37.8 Å².